The number of aryl methyl sites for hydroxylation is 1. The number of hydrogen-bond donors (Lipinski definition) is 2. The van der Waals surface area contributed by atoms with E-state index in [0.29, 0.717) is 28.6 Å². The van der Waals surface area contributed by atoms with Gasteiger partial charge in [-0.25, -0.2) is 13.6 Å². The van der Waals surface area contributed by atoms with E-state index < -0.39 is 21.6 Å². The molecule has 4 rings (SSSR count). The highest BCUT2D eigenvalue weighted by Gasteiger charge is 2.30. The molecule has 2 heterocycles. The molecule has 2 N–H and O–H groups in total. The van der Waals surface area contributed by atoms with Gasteiger partial charge in [0, 0.05) is 30.2 Å². The lowest BCUT2D eigenvalue weighted by Gasteiger charge is -2.33. The zero-order valence-corrected chi connectivity index (χ0v) is 19.3. The third-order valence-corrected chi connectivity index (χ3v) is 7.27. The summed E-state index contributed by atoms with van der Waals surface area (Å²) in [6.07, 6.45) is 3.27. The standard InChI is InChI=1S/C24H25FN6OS/c1-16-13-27-22(14-26-16)17(2)28-19-10-11-21(25)20(12-19)23-15-33(4,32)31(3)24(30-23)29-18-8-6-5-7-9-18/h5-14,23,28H,2,4,15H2,1,3H3,(H,29,30). The van der Waals surface area contributed by atoms with Crippen molar-refractivity contribution in [2.45, 2.75) is 13.0 Å². The highest BCUT2D eigenvalue weighted by Crippen LogP contribution is 2.30. The van der Waals surface area contributed by atoms with Crippen LogP contribution in [0.4, 0.5) is 15.8 Å². The normalized spacial score (nSPS) is 20.2. The monoisotopic (exact) mass is 464 g/mol. The molecule has 0 amide bonds. The van der Waals surface area contributed by atoms with Crippen LogP contribution in [0.5, 0.6) is 0 Å². The fourth-order valence-electron chi connectivity index (χ4n) is 3.37. The molecule has 1 aliphatic rings. The van der Waals surface area contributed by atoms with Gasteiger partial charge in [-0.3, -0.25) is 14.3 Å². The van der Waals surface area contributed by atoms with Crippen LogP contribution < -0.4 is 10.6 Å². The fourth-order valence-corrected chi connectivity index (χ4v) is 4.75. The van der Waals surface area contributed by atoms with Gasteiger partial charge in [0.2, 0.25) is 5.96 Å². The summed E-state index contributed by atoms with van der Waals surface area (Å²) in [6.45, 7) is 5.85. The number of halogens is 1. The second-order valence-corrected chi connectivity index (χ2v) is 10.2. The van der Waals surface area contributed by atoms with E-state index in [9.17, 15) is 8.60 Å². The summed E-state index contributed by atoms with van der Waals surface area (Å²) < 4.78 is 29.6. The van der Waals surface area contributed by atoms with Crippen molar-refractivity contribution in [3.63, 3.8) is 0 Å². The summed E-state index contributed by atoms with van der Waals surface area (Å²) in [7, 11) is -1.04. The molecule has 7 nitrogen and oxygen atoms in total. The second kappa shape index (κ2) is 9.03. The topological polar surface area (TPSA) is 82.5 Å². The van der Waals surface area contributed by atoms with E-state index in [1.165, 1.54) is 10.4 Å². The maximum atomic E-state index is 14.9. The van der Waals surface area contributed by atoms with Gasteiger partial charge in [-0.1, -0.05) is 24.8 Å². The Bertz CT molecular complexity index is 1310. The Labute approximate surface area is 193 Å². The average molecular weight is 465 g/mol. The molecule has 2 unspecified atom stereocenters. The molecule has 170 valence electrons. The van der Waals surface area contributed by atoms with E-state index in [-0.39, 0.29) is 5.75 Å². The molecule has 0 fully saturated rings. The van der Waals surface area contributed by atoms with Gasteiger partial charge in [-0.15, -0.1) is 0 Å². The van der Waals surface area contributed by atoms with E-state index in [1.807, 2.05) is 37.3 Å². The maximum Gasteiger partial charge on any atom is 0.210 e. The van der Waals surface area contributed by atoms with Gasteiger partial charge in [0.1, 0.15) is 11.5 Å². The zero-order valence-electron chi connectivity index (χ0n) is 18.5. The quantitative estimate of drug-likeness (QED) is 0.556. The van der Waals surface area contributed by atoms with Gasteiger partial charge >= 0.3 is 0 Å². The Kier molecular flexibility index (Phi) is 6.15. The van der Waals surface area contributed by atoms with Crippen LogP contribution in [0.25, 0.3) is 5.70 Å². The van der Waals surface area contributed by atoms with Crippen LogP contribution in [0.1, 0.15) is 23.0 Å². The molecule has 1 aliphatic heterocycles. The van der Waals surface area contributed by atoms with Crippen LogP contribution in [0, 0.1) is 12.7 Å². The molecule has 2 aromatic carbocycles. The zero-order chi connectivity index (χ0) is 23.6. The minimum atomic E-state index is -2.71. The van der Waals surface area contributed by atoms with Crippen molar-refractivity contribution in [2.75, 3.05) is 23.4 Å². The summed E-state index contributed by atoms with van der Waals surface area (Å²) in [6, 6.07) is 13.3. The van der Waals surface area contributed by atoms with Crippen molar-refractivity contribution in [1.82, 2.24) is 14.3 Å². The number of rotatable bonds is 5. The SMILES string of the molecule is C=C(Nc1ccc(F)c(C2CS(=C)(=O)N(C)C(Nc3ccccc3)=N2)c1)c1cnc(C)cn1. The molecular formula is C24H25FN6OS. The lowest BCUT2D eigenvalue weighted by molar-refractivity contribution is 0.578. The van der Waals surface area contributed by atoms with Crippen molar-refractivity contribution >= 4 is 38.6 Å². The van der Waals surface area contributed by atoms with Gasteiger partial charge in [-0.2, -0.15) is 0 Å². The minimum absolute atomic E-state index is 0.0915. The number of guanidine groups is 1. The average Bonchev–Trinajstić information content (AvgIpc) is 2.79. The summed E-state index contributed by atoms with van der Waals surface area (Å²) in [5.74, 6) is 3.92. The van der Waals surface area contributed by atoms with E-state index in [4.69, 9.17) is 0 Å². The molecule has 2 atom stereocenters. The van der Waals surface area contributed by atoms with E-state index in [2.05, 4.69) is 38.0 Å². The summed E-state index contributed by atoms with van der Waals surface area (Å²) in [5, 5.41) is 6.31. The van der Waals surface area contributed by atoms with Gasteiger partial charge in [0.05, 0.1) is 39.1 Å². The number of nitrogens with one attached hydrogen (secondary N) is 2. The number of hydrogen-bond acceptors (Lipinski definition) is 6. The van der Waals surface area contributed by atoms with Crippen molar-refractivity contribution in [1.29, 1.82) is 0 Å². The highest BCUT2D eigenvalue weighted by atomic mass is 32.2. The molecular weight excluding hydrogens is 439 g/mol. The molecule has 3 aromatic rings. The van der Waals surface area contributed by atoms with Gasteiger partial charge < -0.3 is 10.6 Å². The number of anilines is 2. The minimum Gasteiger partial charge on any atom is -0.354 e. The number of para-hydroxylation sites is 1. The highest BCUT2D eigenvalue weighted by molar-refractivity contribution is 7.98. The van der Waals surface area contributed by atoms with Crippen LogP contribution in [-0.4, -0.2) is 43.1 Å². The van der Waals surface area contributed by atoms with Crippen LogP contribution >= 0.6 is 0 Å². The predicted molar refractivity (Wildman–Crippen MR) is 134 cm³/mol. The number of aliphatic imine (C=N–C) groups is 1. The Hall–Kier alpha value is -3.72. The first-order valence-electron chi connectivity index (χ1n) is 10.3. The van der Waals surface area contributed by atoms with E-state index in [1.54, 1.807) is 31.6 Å². The summed E-state index contributed by atoms with van der Waals surface area (Å²) in [4.78, 5) is 13.2. The molecule has 0 saturated heterocycles. The Morgan fingerprint density at radius 3 is 2.61 bits per heavy atom. The first kappa shape index (κ1) is 22.5. The summed E-state index contributed by atoms with van der Waals surface area (Å²) >= 11 is 0. The van der Waals surface area contributed by atoms with Crippen molar-refractivity contribution < 1.29 is 8.60 Å². The maximum absolute atomic E-state index is 14.9. The van der Waals surface area contributed by atoms with Crippen LogP contribution in [0.2, 0.25) is 0 Å². The largest absolute Gasteiger partial charge is 0.354 e. The third-order valence-electron chi connectivity index (χ3n) is 5.26. The molecule has 0 radical (unpaired) electrons. The van der Waals surface area contributed by atoms with Crippen LogP contribution in [-0.2, 0) is 9.71 Å². The smallest absolute Gasteiger partial charge is 0.210 e. The number of benzene rings is 2. The third kappa shape index (κ3) is 5.04. The first-order valence-corrected chi connectivity index (χ1v) is 12.1. The van der Waals surface area contributed by atoms with Gasteiger partial charge in [0.25, 0.3) is 0 Å². The Morgan fingerprint density at radius 1 is 1.15 bits per heavy atom. The number of aromatic nitrogens is 2. The molecule has 0 bridgehead atoms. The fraction of sp³-hybridized carbons (Fsp3) is 0.167. The van der Waals surface area contributed by atoms with Crippen molar-refractivity contribution in [2.24, 2.45) is 4.99 Å². The van der Waals surface area contributed by atoms with Gasteiger partial charge in [-0.05, 0) is 43.1 Å². The molecule has 0 aliphatic carbocycles. The van der Waals surface area contributed by atoms with Crippen molar-refractivity contribution in [3.8, 4) is 0 Å². The number of nitrogens with zero attached hydrogens (tertiary/aromatic N) is 4. The molecule has 1 aromatic heterocycles. The molecule has 0 saturated carbocycles. The van der Waals surface area contributed by atoms with Crippen molar-refractivity contribution in [3.05, 3.63) is 90.3 Å². The summed E-state index contributed by atoms with van der Waals surface area (Å²) in [5.41, 5.74) is 3.62. The predicted octanol–water partition coefficient (Wildman–Crippen LogP) is 4.09. The lowest BCUT2D eigenvalue weighted by Crippen LogP contribution is -2.44. The molecule has 0 spiro atoms. The van der Waals surface area contributed by atoms with Gasteiger partial charge in [0.15, 0.2) is 0 Å². The lowest BCUT2D eigenvalue weighted by atomic mass is 10.1. The first-order chi connectivity index (χ1) is 15.7. The van der Waals surface area contributed by atoms with E-state index >= 15 is 0 Å². The molecule has 9 heteroatoms. The second-order valence-electron chi connectivity index (χ2n) is 7.78. The van der Waals surface area contributed by atoms with E-state index in [0.717, 1.165) is 11.4 Å². The molecule has 33 heavy (non-hydrogen) atoms. The Balaban J connectivity index is 1.64. The van der Waals surface area contributed by atoms with Crippen LogP contribution in [0.3, 0.4) is 0 Å². The Morgan fingerprint density at radius 2 is 1.91 bits per heavy atom. The van der Waals surface area contributed by atoms with Crippen LogP contribution in [0.15, 0.2) is 72.5 Å².